The minimum atomic E-state index is -4.89. The molecule has 0 saturated heterocycles. The SMILES string of the molecule is CCCCCc1nnc(NC(=O)C(F)(F)F)s1. The van der Waals surface area contributed by atoms with Crippen LogP contribution in [0.3, 0.4) is 0 Å². The number of halogens is 3. The van der Waals surface area contributed by atoms with Gasteiger partial charge in [0.05, 0.1) is 0 Å². The number of hydrogen-bond donors (Lipinski definition) is 1. The predicted molar refractivity (Wildman–Crippen MR) is 57.8 cm³/mol. The first-order chi connectivity index (χ1) is 7.93. The number of rotatable bonds is 5. The second-order valence-electron chi connectivity index (χ2n) is 3.41. The molecule has 1 amide bonds. The highest BCUT2D eigenvalue weighted by molar-refractivity contribution is 7.15. The van der Waals surface area contributed by atoms with Crippen LogP contribution in [0.25, 0.3) is 0 Å². The van der Waals surface area contributed by atoms with Crippen LogP contribution in [0.5, 0.6) is 0 Å². The maximum absolute atomic E-state index is 11.9. The van der Waals surface area contributed by atoms with Crippen LogP contribution >= 0.6 is 11.3 Å². The van der Waals surface area contributed by atoms with Crippen LogP contribution < -0.4 is 5.32 Å². The van der Waals surface area contributed by atoms with E-state index in [0.717, 1.165) is 30.6 Å². The number of hydrogen-bond acceptors (Lipinski definition) is 4. The molecule has 0 aliphatic carbocycles. The number of nitrogens with one attached hydrogen (secondary N) is 1. The highest BCUT2D eigenvalue weighted by Gasteiger charge is 2.39. The zero-order chi connectivity index (χ0) is 12.9. The molecule has 0 aliphatic heterocycles. The Balaban J connectivity index is 2.48. The zero-order valence-electron chi connectivity index (χ0n) is 9.17. The number of aryl methyl sites for hydroxylation is 1. The largest absolute Gasteiger partial charge is 0.471 e. The van der Waals surface area contributed by atoms with Crippen molar-refractivity contribution in [1.82, 2.24) is 10.2 Å². The molecule has 0 spiro atoms. The van der Waals surface area contributed by atoms with Gasteiger partial charge in [-0.2, -0.15) is 13.2 Å². The van der Waals surface area contributed by atoms with E-state index in [-0.39, 0.29) is 5.13 Å². The average Bonchev–Trinajstić information content (AvgIpc) is 2.65. The number of anilines is 1. The molecule has 1 rings (SSSR count). The molecule has 1 aromatic heterocycles. The highest BCUT2D eigenvalue weighted by Crippen LogP contribution is 2.21. The normalized spacial score (nSPS) is 11.5. The van der Waals surface area contributed by atoms with Crippen LogP contribution in [0.1, 0.15) is 31.2 Å². The maximum Gasteiger partial charge on any atom is 0.471 e. The van der Waals surface area contributed by atoms with Crippen LogP contribution in [-0.4, -0.2) is 22.3 Å². The van der Waals surface area contributed by atoms with Crippen LogP contribution in [0.15, 0.2) is 0 Å². The summed E-state index contributed by atoms with van der Waals surface area (Å²) in [6.07, 6.45) is -1.22. The van der Waals surface area contributed by atoms with E-state index in [1.54, 1.807) is 5.32 Å². The van der Waals surface area contributed by atoms with Crippen molar-refractivity contribution in [2.75, 3.05) is 5.32 Å². The number of nitrogens with zero attached hydrogens (tertiary/aromatic N) is 2. The molecular formula is C9H12F3N3OS. The first-order valence-electron chi connectivity index (χ1n) is 5.14. The van der Waals surface area contributed by atoms with Crippen molar-refractivity contribution in [2.45, 2.75) is 38.8 Å². The third-order valence-corrected chi connectivity index (χ3v) is 2.84. The third-order valence-electron chi connectivity index (χ3n) is 1.94. The Morgan fingerprint density at radius 3 is 2.65 bits per heavy atom. The fraction of sp³-hybridized carbons (Fsp3) is 0.667. The summed E-state index contributed by atoms with van der Waals surface area (Å²) in [5.41, 5.74) is 0. The number of carbonyl (C=O) groups excluding carboxylic acids is 1. The molecule has 0 aromatic carbocycles. The fourth-order valence-corrected chi connectivity index (χ4v) is 1.88. The van der Waals surface area contributed by atoms with Gasteiger partial charge in [-0.15, -0.1) is 10.2 Å². The minimum Gasteiger partial charge on any atom is -0.293 e. The van der Waals surface area contributed by atoms with Crippen LogP contribution in [-0.2, 0) is 11.2 Å². The van der Waals surface area contributed by atoms with E-state index in [4.69, 9.17) is 0 Å². The second kappa shape index (κ2) is 5.95. The predicted octanol–water partition coefficient (Wildman–Crippen LogP) is 2.77. The van der Waals surface area contributed by atoms with Crippen molar-refractivity contribution in [3.8, 4) is 0 Å². The molecule has 1 aromatic rings. The molecule has 0 atom stereocenters. The molecule has 0 radical (unpaired) electrons. The molecule has 4 nitrogen and oxygen atoms in total. The summed E-state index contributed by atoms with van der Waals surface area (Å²) in [5, 5.41) is 9.39. The highest BCUT2D eigenvalue weighted by atomic mass is 32.1. The summed E-state index contributed by atoms with van der Waals surface area (Å²) < 4.78 is 35.8. The zero-order valence-corrected chi connectivity index (χ0v) is 9.99. The Labute approximate surface area is 100 Å². The van der Waals surface area contributed by atoms with E-state index in [9.17, 15) is 18.0 Å². The van der Waals surface area contributed by atoms with E-state index in [1.165, 1.54) is 0 Å². The lowest BCUT2D eigenvalue weighted by atomic mass is 10.2. The van der Waals surface area contributed by atoms with E-state index >= 15 is 0 Å². The number of alkyl halides is 3. The van der Waals surface area contributed by atoms with Gasteiger partial charge in [-0.1, -0.05) is 31.1 Å². The lowest BCUT2D eigenvalue weighted by Gasteiger charge is -2.03. The minimum absolute atomic E-state index is 0.112. The van der Waals surface area contributed by atoms with Gasteiger partial charge >= 0.3 is 12.1 Å². The van der Waals surface area contributed by atoms with Crippen molar-refractivity contribution < 1.29 is 18.0 Å². The van der Waals surface area contributed by atoms with Crippen LogP contribution in [0, 0.1) is 0 Å². The summed E-state index contributed by atoms with van der Waals surface area (Å²) in [6, 6.07) is 0. The van der Waals surface area contributed by atoms with Crippen molar-refractivity contribution in [3.63, 3.8) is 0 Å². The Morgan fingerprint density at radius 2 is 2.06 bits per heavy atom. The van der Waals surface area contributed by atoms with Gasteiger partial charge in [0.2, 0.25) is 5.13 Å². The molecule has 0 saturated carbocycles. The van der Waals surface area contributed by atoms with Crippen molar-refractivity contribution >= 4 is 22.4 Å². The van der Waals surface area contributed by atoms with Gasteiger partial charge in [-0.3, -0.25) is 10.1 Å². The van der Waals surface area contributed by atoms with Gasteiger partial charge in [-0.05, 0) is 6.42 Å². The lowest BCUT2D eigenvalue weighted by Crippen LogP contribution is -2.29. The van der Waals surface area contributed by atoms with Gasteiger partial charge in [0.1, 0.15) is 5.01 Å². The lowest BCUT2D eigenvalue weighted by molar-refractivity contribution is -0.167. The Morgan fingerprint density at radius 1 is 1.35 bits per heavy atom. The topological polar surface area (TPSA) is 54.9 Å². The van der Waals surface area contributed by atoms with Gasteiger partial charge < -0.3 is 0 Å². The molecule has 0 aliphatic rings. The molecule has 1 heterocycles. The molecule has 96 valence electrons. The maximum atomic E-state index is 11.9. The molecule has 0 fully saturated rings. The standard InChI is InChI=1S/C9H12F3N3OS/c1-2-3-4-5-6-14-15-8(17-6)13-7(16)9(10,11)12/h2-5H2,1H3,(H,13,15,16). The van der Waals surface area contributed by atoms with Gasteiger partial charge in [0, 0.05) is 6.42 Å². The van der Waals surface area contributed by atoms with Gasteiger partial charge in [-0.25, -0.2) is 0 Å². The molecule has 17 heavy (non-hydrogen) atoms. The Bertz CT molecular complexity index is 378. The molecule has 0 unspecified atom stereocenters. The molecule has 0 bridgehead atoms. The van der Waals surface area contributed by atoms with Crippen molar-refractivity contribution in [2.24, 2.45) is 0 Å². The summed E-state index contributed by atoms with van der Waals surface area (Å²) in [4.78, 5) is 10.6. The quantitative estimate of drug-likeness (QED) is 0.834. The van der Waals surface area contributed by atoms with E-state index in [1.807, 2.05) is 0 Å². The fourth-order valence-electron chi connectivity index (χ4n) is 1.10. The van der Waals surface area contributed by atoms with Crippen LogP contribution in [0.4, 0.5) is 18.3 Å². The third kappa shape index (κ3) is 4.68. The second-order valence-corrected chi connectivity index (χ2v) is 4.47. The number of amides is 1. The van der Waals surface area contributed by atoms with Crippen molar-refractivity contribution in [1.29, 1.82) is 0 Å². The van der Waals surface area contributed by atoms with Gasteiger partial charge in [0.25, 0.3) is 0 Å². The molecule has 8 heteroatoms. The number of unbranched alkanes of at least 4 members (excludes halogenated alkanes) is 2. The average molecular weight is 267 g/mol. The molecular weight excluding hydrogens is 255 g/mol. The summed E-state index contributed by atoms with van der Waals surface area (Å²) in [7, 11) is 0. The summed E-state index contributed by atoms with van der Waals surface area (Å²) >= 11 is 0.974. The smallest absolute Gasteiger partial charge is 0.293 e. The van der Waals surface area contributed by atoms with E-state index in [0.29, 0.717) is 11.4 Å². The van der Waals surface area contributed by atoms with Gasteiger partial charge in [0.15, 0.2) is 0 Å². The van der Waals surface area contributed by atoms with E-state index in [2.05, 4.69) is 17.1 Å². The first kappa shape index (κ1) is 13.9. The first-order valence-corrected chi connectivity index (χ1v) is 5.95. The van der Waals surface area contributed by atoms with Crippen molar-refractivity contribution in [3.05, 3.63) is 5.01 Å². The Hall–Kier alpha value is -1.18. The summed E-state index contributed by atoms with van der Waals surface area (Å²) in [5.74, 6) is -2.02. The number of carbonyl (C=O) groups is 1. The van der Waals surface area contributed by atoms with Crippen LogP contribution in [0.2, 0.25) is 0 Å². The summed E-state index contributed by atoms with van der Waals surface area (Å²) in [6.45, 7) is 2.05. The number of aromatic nitrogens is 2. The Kier molecular flexibility index (Phi) is 4.86. The molecule has 1 N–H and O–H groups in total. The van der Waals surface area contributed by atoms with E-state index < -0.39 is 12.1 Å². The monoisotopic (exact) mass is 267 g/mol.